The minimum absolute atomic E-state index is 0.0123. The molecule has 7 nitrogen and oxygen atoms in total. The predicted octanol–water partition coefficient (Wildman–Crippen LogP) is 2.59. The second-order valence-electron chi connectivity index (χ2n) is 5.86. The van der Waals surface area contributed by atoms with Crippen molar-refractivity contribution in [2.75, 3.05) is 31.0 Å². The maximum Gasteiger partial charge on any atom is 0.231 e. The summed E-state index contributed by atoms with van der Waals surface area (Å²) in [4.78, 5) is 9.04. The zero-order chi connectivity index (χ0) is 18.1. The van der Waals surface area contributed by atoms with E-state index in [1.54, 1.807) is 6.07 Å². The fourth-order valence-corrected chi connectivity index (χ4v) is 3.08. The molecule has 0 saturated heterocycles. The molecule has 134 valence electrons. The molecule has 8 heteroatoms. The summed E-state index contributed by atoms with van der Waals surface area (Å²) >= 11 is 6.20. The first-order valence-corrected chi connectivity index (χ1v) is 8.51. The highest BCUT2D eigenvalue weighted by molar-refractivity contribution is 6.34. The van der Waals surface area contributed by atoms with Crippen molar-refractivity contribution < 1.29 is 14.6 Å². The lowest BCUT2D eigenvalue weighted by molar-refractivity contribution is 0.174. The fourth-order valence-electron chi connectivity index (χ4n) is 2.92. The number of aliphatic hydroxyl groups is 1. The monoisotopic (exact) mass is 372 g/mol. The molecule has 1 aliphatic heterocycles. The smallest absolute Gasteiger partial charge is 0.231 e. The number of rotatable bonds is 5. The average molecular weight is 373 g/mol. The molecule has 0 radical (unpaired) electrons. The topological polar surface area (TPSA) is 103 Å². The highest BCUT2D eigenvalue weighted by Gasteiger charge is 2.17. The molecule has 1 aliphatic rings. The highest BCUT2D eigenvalue weighted by Crippen LogP contribution is 2.35. The molecule has 1 aromatic heterocycles. The molecule has 0 saturated carbocycles. The van der Waals surface area contributed by atoms with Crippen LogP contribution < -0.4 is 20.5 Å². The van der Waals surface area contributed by atoms with Crippen LogP contribution in [0.25, 0.3) is 10.9 Å². The van der Waals surface area contributed by atoms with Gasteiger partial charge < -0.3 is 25.6 Å². The van der Waals surface area contributed by atoms with Crippen molar-refractivity contribution in [1.82, 2.24) is 9.97 Å². The SMILES string of the molecule is Nc1c(Cl)ccc2nc(NCCO)nc(Cc3ccc4c(c3)OCO4)c12. The van der Waals surface area contributed by atoms with Crippen LogP contribution in [-0.2, 0) is 6.42 Å². The summed E-state index contributed by atoms with van der Waals surface area (Å²) in [5.74, 6) is 1.88. The summed E-state index contributed by atoms with van der Waals surface area (Å²) in [6.45, 7) is 0.576. The Kier molecular flexibility index (Phi) is 4.40. The number of ether oxygens (including phenoxy) is 2. The van der Waals surface area contributed by atoms with Crippen LogP contribution in [0.1, 0.15) is 11.3 Å². The standard InChI is InChI=1S/C18H17ClN4O3/c19-11-2-3-12-16(17(11)20)13(23-18(22-12)21-5-6-24)7-10-1-4-14-15(8-10)26-9-25-14/h1-4,8,24H,5-7,9,20H2,(H,21,22,23). The quantitative estimate of drug-likeness (QED) is 0.591. The van der Waals surface area contributed by atoms with Gasteiger partial charge in [-0.1, -0.05) is 17.7 Å². The van der Waals surface area contributed by atoms with Gasteiger partial charge in [-0.2, -0.15) is 0 Å². The van der Waals surface area contributed by atoms with E-state index in [4.69, 9.17) is 31.9 Å². The summed E-state index contributed by atoms with van der Waals surface area (Å²) in [6, 6.07) is 9.29. The van der Waals surface area contributed by atoms with Gasteiger partial charge in [-0.3, -0.25) is 0 Å². The number of aromatic nitrogens is 2. The Morgan fingerprint density at radius 3 is 2.85 bits per heavy atom. The summed E-state index contributed by atoms with van der Waals surface area (Å²) in [6.07, 6.45) is 0.522. The normalized spacial score (nSPS) is 12.5. The van der Waals surface area contributed by atoms with Gasteiger partial charge in [0.25, 0.3) is 0 Å². The van der Waals surface area contributed by atoms with Gasteiger partial charge in [0.1, 0.15) is 0 Å². The minimum Gasteiger partial charge on any atom is -0.454 e. The number of hydrogen-bond donors (Lipinski definition) is 3. The molecule has 26 heavy (non-hydrogen) atoms. The lowest BCUT2D eigenvalue weighted by Gasteiger charge is -2.12. The predicted molar refractivity (Wildman–Crippen MR) is 99.9 cm³/mol. The Bertz CT molecular complexity index is 980. The molecule has 0 atom stereocenters. The first kappa shape index (κ1) is 16.7. The Balaban J connectivity index is 1.79. The summed E-state index contributed by atoms with van der Waals surface area (Å²) in [7, 11) is 0. The van der Waals surface area contributed by atoms with E-state index >= 15 is 0 Å². The van der Waals surface area contributed by atoms with E-state index < -0.39 is 0 Å². The minimum atomic E-state index is -0.0123. The van der Waals surface area contributed by atoms with Crippen LogP contribution in [-0.4, -0.2) is 35.0 Å². The van der Waals surface area contributed by atoms with E-state index in [-0.39, 0.29) is 13.4 Å². The second-order valence-corrected chi connectivity index (χ2v) is 6.27. The van der Waals surface area contributed by atoms with Gasteiger partial charge in [-0.05, 0) is 29.8 Å². The van der Waals surface area contributed by atoms with Gasteiger partial charge >= 0.3 is 0 Å². The summed E-state index contributed by atoms with van der Waals surface area (Å²) in [5.41, 5.74) is 9.09. The molecule has 0 fully saturated rings. The zero-order valence-electron chi connectivity index (χ0n) is 13.8. The van der Waals surface area contributed by atoms with Crippen molar-refractivity contribution in [2.45, 2.75) is 6.42 Å². The number of hydrogen-bond acceptors (Lipinski definition) is 7. The Morgan fingerprint density at radius 2 is 2.00 bits per heavy atom. The average Bonchev–Trinajstić information content (AvgIpc) is 3.10. The van der Waals surface area contributed by atoms with Gasteiger partial charge in [0.05, 0.1) is 28.5 Å². The number of halogens is 1. The van der Waals surface area contributed by atoms with Crippen molar-refractivity contribution in [3.05, 3.63) is 46.6 Å². The van der Waals surface area contributed by atoms with E-state index in [1.807, 2.05) is 24.3 Å². The second kappa shape index (κ2) is 6.86. The first-order valence-electron chi connectivity index (χ1n) is 8.13. The van der Waals surface area contributed by atoms with Gasteiger partial charge in [-0.15, -0.1) is 0 Å². The molecule has 0 amide bonds. The number of anilines is 2. The third-order valence-electron chi connectivity index (χ3n) is 4.13. The van der Waals surface area contributed by atoms with Crippen LogP contribution in [0, 0.1) is 0 Å². The van der Waals surface area contributed by atoms with Crippen LogP contribution in [0.3, 0.4) is 0 Å². The van der Waals surface area contributed by atoms with Gasteiger partial charge in [0, 0.05) is 18.4 Å². The molecular formula is C18H17ClN4O3. The number of nitrogen functional groups attached to an aromatic ring is 1. The lowest BCUT2D eigenvalue weighted by Crippen LogP contribution is -2.11. The highest BCUT2D eigenvalue weighted by atomic mass is 35.5. The molecule has 0 aliphatic carbocycles. The van der Waals surface area contributed by atoms with E-state index in [0.29, 0.717) is 40.9 Å². The number of benzene rings is 2. The van der Waals surface area contributed by atoms with Crippen LogP contribution in [0.4, 0.5) is 11.6 Å². The molecule has 2 aromatic carbocycles. The van der Waals surface area contributed by atoms with E-state index in [2.05, 4.69) is 15.3 Å². The maximum absolute atomic E-state index is 9.03. The molecule has 0 spiro atoms. The molecule has 4 rings (SSSR count). The number of fused-ring (bicyclic) bond motifs is 2. The third-order valence-corrected chi connectivity index (χ3v) is 4.46. The van der Waals surface area contributed by atoms with Gasteiger partial charge in [-0.25, -0.2) is 9.97 Å². The Hall–Kier alpha value is -2.77. The van der Waals surface area contributed by atoms with E-state index in [1.165, 1.54) is 0 Å². The third kappa shape index (κ3) is 3.07. The van der Waals surface area contributed by atoms with Crippen molar-refractivity contribution in [3.63, 3.8) is 0 Å². The van der Waals surface area contributed by atoms with Crippen LogP contribution in [0.5, 0.6) is 11.5 Å². The zero-order valence-corrected chi connectivity index (χ0v) is 14.6. The fraction of sp³-hybridized carbons (Fsp3) is 0.222. The Morgan fingerprint density at radius 1 is 1.15 bits per heavy atom. The van der Waals surface area contributed by atoms with Gasteiger partial charge in [0.15, 0.2) is 11.5 Å². The van der Waals surface area contributed by atoms with Crippen molar-refractivity contribution in [1.29, 1.82) is 0 Å². The molecule has 4 N–H and O–H groups in total. The lowest BCUT2D eigenvalue weighted by atomic mass is 10.0. The molecule has 3 aromatic rings. The number of nitrogens with one attached hydrogen (secondary N) is 1. The Labute approximate surface area is 154 Å². The van der Waals surface area contributed by atoms with Crippen molar-refractivity contribution in [3.8, 4) is 11.5 Å². The van der Waals surface area contributed by atoms with Crippen LogP contribution >= 0.6 is 11.6 Å². The number of nitrogens with zero attached hydrogens (tertiary/aromatic N) is 2. The maximum atomic E-state index is 9.03. The van der Waals surface area contributed by atoms with Gasteiger partial charge in [0.2, 0.25) is 12.7 Å². The summed E-state index contributed by atoms with van der Waals surface area (Å²) in [5, 5.41) is 13.2. The molecule has 0 bridgehead atoms. The van der Waals surface area contributed by atoms with Crippen LogP contribution in [0.2, 0.25) is 5.02 Å². The molecule has 0 unspecified atom stereocenters. The van der Waals surface area contributed by atoms with Crippen molar-refractivity contribution >= 4 is 34.1 Å². The van der Waals surface area contributed by atoms with Crippen molar-refractivity contribution in [2.24, 2.45) is 0 Å². The largest absolute Gasteiger partial charge is 0.454 e. The van der Waals surface area contributed by atoms with E-state index in [9.17, 15) is 0 Å². The molecule has 2 heterocycles. The first-order chi connectivity index (χ1) is 12.7. The number of aliphatic hydroxyl groups excluding tert-OH is 1. The van der Waals surface area contributed by atoms with Crippen LogP contribution in [0.15, 0.2) is 30.3 Å². The summed E-state index contributed by atoms with van der Waals surface area (Å²) < 4.78 is 10.8. The van der Waals surface area contributed by atoms with E-state index in [0.717, 1.165) is 22.4 Å². The molecular weight excluding hydrogens is 356 g/mol. The number of nitrogens with two attached hydrogens (primary N) is 1.